The summed E-state index contributed by atoms with van der Waals surface area (Å²) in [6.45, 7) is 2.23. The first kappa shape index (κ1) is 10.4. The van der Waals surface area contributed by atoms with Gasteiger partial charge in [0.2, 0.25) is 0 Å². The highest BCUT2D eigenvalue weighted by Crippen LogP contribution is 2.09. The van der Waals surface area contributed by atoms with Crippen LogP contribution in [0.1, 0.15) is 5.56 Å². The summed E-state index contributed by atoms with van der Waals surface area (Å²) in [5, 5.41) is 0. The van der Waals surface area contributed by atoms with Gasteiger partial charge in [0, 0.05) is 19.5 Å². The van der Waals surface area contributed by atoms with E-state index in [-0.39, 0.29) is 11.9 Å². The Kier molecular flexibility index (Phi) is 3.18. The number of ketones is 1. The molecule has 0 amide bonds. The number of ether oxygens (including phenoxy) is 1. The number of carbonyl (C=O) groups is 1. The van der Waals surface area contributed by atoms with Gasteiger partial charge in [0.25, 0.3) is 0 Å². The minimum Gasteiger partial charge on any atom is -0.472 e. The van der Waals surface area contributed by atoms with Gasteiger partial charge in [-0.05, 0) is 18.7 Å². The zero-order chi connectivity index (χ0) is 10.7. The van der Waals surface area contributed by atoms with E-state index in [9.17, 15) is 4.79 Å². The largest absolute Gasteiger partial charge is 0.472 e. The molecule has 1 aliphatic rings. The maximum Gasteiger partial charge on any atom is 0.167 e. The SMILES string of the molecule is CN1CCOC(C(=O)Cc2ccoc2)C1. The molecule has 15 heavy (non-hydrogen) atoms. The lowest BCUT2D eigenvalue weighted by atomic mass is 10.1. The van der Waals surface area contributed by atoms with Gasteiger partial charge in [-0.3, -0.25) is 4.79 Å². The summed E-state index contributed by atoms with van der Waals surface area (Å²) >= 11 is 0. The topological polar surface area (TPSA) is 42.7 Å². The van der Waals surface area contributed by atoms with E-state index < -0.39 is 0 Å². The molecule has 1 aliphatic heterocycles. The Morgan fingerprint density at radius 1 is 1.67 bits per heavy atom. The Balaban J connectivity index is 1.90. The van der Waals surface area contributed by atoms with Crippen LogP contribution in [0.25, 0.3) is 0 Å². The highest BCUT2D eigenvalue weighted by atomic mass is 16.5. The average molecular weight is 209 g/mol. The Morgan fingerprint density at radius 2 is 2.53 bits per heavy atom. The van der Waals surface area contributed by atoms with Crippen LogP contribution in [0.5, 0.6) is 0 Å². The molecule has 0 radical (unpaired) electrons. The number of morpholine rings is 1. The average Bonchev–Trinajstić information content (AvgIpc) is 2.70. The monoisotopic (exact) mass is 209 g/mol. The molecular weight excluding hydrogens is 194 g/mol. The number of hydrogen-bond acceptors (Lipinski definition) is 4. The second kappa shape index (κ2) is 4.59. The summed E-state index contributed by atoms with van der Waals surface area (Å²) in [7, 11) is 2.00. The van der Waals surface area contributed by atoms with Crippen molar-refractivity contribution >= 4 is 5.78 Å². The van der Waals surface area contributed by atoms with Gasteiger partial charge >= 0.3 is 0 Å². The van der Waals surface area contributed by atoms with Crippen LogP contribution in [0.15, 0.2) is 23.0 Å². The molecule has 4 nitrogen and oxygen atoms in total. The summed E-state index contributed by atoms with van der Waals surface area (Å²) < 4.78 is 10.4. The second-order valence-electron chi connectivity index (χ2n) is 3.90. The minimum absolute atomic E-state index is 0.128. The van der Waals surface area contributed by atoms with Gasteiger partial charge in [-0.1, -0.05) is 0 Å². The highest BCUT2D eigenvalue weighted by molar-refractivity contribution is 5.85. The lowest BCUT2D eigenvalue weighted by molar-refractivity contribution is -0.134. The first-order valence-corrected chi connectivity index (χ1v) is 5.09. The molecule has 0 bridgehead atoms. The van der Waals surface area contributed by atoms with Crippen LogP contribution < -0.4 is 0 Å². The van der Waals surface area contributed by atoms with Crippen LogP contribution in [0.2, 0.25) is 0 Å². The first-order valence-electron chi connectivity index (χ1n) is 5.09. The van der Waals surface area contributed by atoms with Crippen molar-refractivity contribution < 1.29 is 13.9 Å². The fourth-order valence-electron chi connectivity index (χ4n) is 1.68. The van der Waals surface area contributed by atoms with E-state index in [2.05, 4.69) is 4.90 Å². The van der Waals surface area contributed by atoms with Gasteiger partial charge in [-0.15, -0.1) is 0 Å². The third-order valence-electron chi connectivity index (χ3n) is 2.59. The summed E-state index contributed by atoms with van der Waals surface area (Å²) in [4.78, 5) is 13.9. The molecule has 4 heteroatoms. The van der Waals surface area contributed by atoms with Crippen LogP contribution in [-0.4, -0.2) is 43.5 Å². The molecule has 0 spiro atoms. The normalized spacial score (nSPS) is 22.9. The molecule has 2 heterocycles. The standard InChI is InChI=1S/C11H15NO3/c1-12-3-5-15-11(7-12)10(13)6-9-2-4-14-8-9/h2,4,8,11H,3,5-7H2,1H3. The maximum absolute atomic E-state index is 11.8. The minimum atomic E-state index is -0.279. The molecule has 1 saturated heterocycles. The third-order valence-corrected chi connectivity index (χ3v) is 2.59. The summed E-state index contributed by atoms with van der Waals surface area (Å²) in [5.74, 6) is 0.128. The van der Waals surface area contributed by atoms with Crippen LogP contribution >= 0.6 is 0 Å². The van der Waals surface area contributed by atoms with Gasteiger partial charge in [0.1, 0.15) is 6.10 Å². The number of Topliss-reactive ketones (excluding diaryl/α,β-unsaturated/α-hetero) is 1. The first-order chi connectivity index (χ1) is 7.25. The molecule has 2 rings (SSSR count). The summed E-state index contributed by atoms with van der Waals surface area (Å²) in [6.07, 6.45) is 3.30. The van der Waals surface area contributed by atoms with Crippen molar-refractivity contribution in [2.45, 2.75) is 12.5 Å². The molecule has 1 aromatic heterocycles. The van der Waals surface area contributed by atoms with Gasteiger partial charge in [-0.2, -0.15) is 0 Å². The Bertz CT molecular complexity index is 321. The molecule has 82 valence electrons. The van der Waals surface area contributed by atoms with E-state index in [0.717, 1.165) is 12.1 Å². The lowest BCUT2D eigenvalue weighted by Gasteiger charge is -2.28. The summed E-state index contributed by atoms with van der Waals surface area (Å²) in [5.41, 5.74) is 0.914. The zero-order valence-corrected chi connectivity index (χ0v) is 8.81. The third kappa shape index (κ3) is 2.67. The Hall–Kier alpha value is -1.13. The van der Waals surface area contributed by atoms with Crippen LogP contribution in [0, 0.1) is 0 Å². The summed E-state index contributed by atoms with van der Waals surface area (Å²) in [6, 6.07) is 1.81. The number of rotatable bonds is 3. The van der Waals surface area contributed by atoms with Crippen LogP contribution in [-0.2, 0) is 16.0 Å². The molecule has 1 atom stereocenters. The van der Waals surface area contributed by atoms with E-state index in [0.29, 0.717) is 19.6 Å². The van der Waals surface area contributed by atoms with Crippen molar-refractivity contribution in [2.75, 3.05) is 26.7 Å². The van der Waals surface area contributed by atoms with Gasteiger partial charge in [-0.25, -0.2) is 0 Å². The molecule has 0 saturated carbocycles. The molecule has 0 aromatic carbocycles. The molecular formula is C11H15NO3. The molecule has 1 aromatic rings. The van der Waals surface area contributed by atoms with Crippen molar-refractivity contribution in [2.24, 2.45) is 0 Å². The quantitative estimate of drug-likeness (QED) is 0.735. The second-order valence-corrected chi connectivity index (χ2v) is 3.90. The van der Waals surface area contributed by atoms with Crippen molar-refractivity contribution in [1.29, 1.82) is 0 Å². The van der Waals surface area contributed by atoms with Gasteiger partial charge in [0.15, 0.2) is 5.78 Å². The van der Waals surface area contributed by atoms with E-state index >= 15 is 0 Å². The molecule has 0 aliphatic carbocycles. The Morgan fingerprint density at radius 3 is 3.20 bits per heavy atom. The molecule has 0 N–H and O–H groups in total. The van der Waals surface area contributed by atoms with Crippen LogP contribution in [0.4, 0.5) is 0 Å². The van der Waals surface area contributed by atoms with Crippen molar-refractivity contribution in [3.63, 3.8) is 0 Å². The van der Waals surface area contributed by atoms with Crippen molar-refractivity contribution in [3.8, 4) is 0 Å². The molecule has 1 unspecified atom stereocenters. The number of hydrogen-bond donors (Lipinski definition) is 0. The van der Waals surface area contributed by atoms with Crippen LogP contribution in [0.3, 0.4) is 0 Å². The number of likely N-dealkylation sites (N-methyl/N-ethyl adjacent to an activating group) is 1. The molecule has 1 fully saturated rings. The predicted octanol–water partition coefficient (Wildman–Crippen LogP) is 0.722. The van der Waals surface area contributed by atoms with E-state index in [4.69, 9.17) is 9.15 Å². The fraction of sp³-hybridized carbons (Fsp3) is 0.545. The van der Waals surface area contributed by atoms with Crippen molar-refractivity contribution in [1.82, 2.24) is 4.90 Å². The highest BCUT2D eigenvalue weighted by Gasteiger charge is 2.24. The van der Waals surface area contributed by atoms with E-state index in [1.165, 1.54) is 0 Å². The fourth-order valence-corrected chi connectivity index (χ4v) is 1.68. The van der Waals surface area contributed by atoms with E-state index in [1.54, 1.807) is 12.5 Å². The van der Waals surface area contributed by atoms with Crippen molar-refractivity contribution in [3.05, 3.63) is 24.2 Å². The predicted molar refractivity (Wildman–Crippen MR) is 54.7 cm³/mol. The van der Waals surface area contributed by atoms with E-state index in [1.807, 2.05) is 13.1 Å². The van der Waals surface area contributed by atoms with Gasteiger partial charge < -0.3 is 14.1 Å². The lowest BCUT2D eigenvalue weighted by Crippen LogP contribution is -2.44. The number of furan rings is 1. The zero-order valence-electron chi connectivity index (χ0n) is 8.81. The number of carbonyl (C=O) groups excluding carboxylic acids is 1. The maximum atomic E-state index is 11.8. The Labute approximate surface area is 88.8 Å². The number of nitrogens with zero attached hydrogens (tertiary/aromatic N) is 1. The smallest absolute Gasteiger partial charge is 0.167 e. The van der Waals surface area contributed by atoms with Gasteiger partial charge in [0.05, 0.1) is 19.1 Å².